The van der Waals surface area contributed by atoms with Crippen LogP contribution in [-0.2, 0) is 16.6 Å². The molecule has 3 heterocycles. The summed E-state index contributed by atoms with van der Waals surface area (Å²) in [7, 11) is -3.63. The lowest BCUT2D eigenvalue weighted by molar-refractivity contribution is 0.0983. The van der Waals surface area contributed by atoms with Crippen molar-refractivity contribution < 1.29 is 17.6 Å². The van der Waals surface area contributed by atoms with E-state index in [1.807, 2.05) is 19.1 Å². The van der Waals surface area contributed by atoms with Crippen LogP contribution in [0.5, 0.6) is 0 Å². The molecule has 0 spiro atoms. The molecular weight excluding hydrogens is 506 g/mol. The smallest absolute Gasteiger partial charge is 0.260 e. The lowest BCUT2D eigenvalue weighted by Gasteiger charge is -2.34. The number of thiazole rings is 1. The molecule has 1 amide bonds. The zero-order valence-electron chi connectivity index (χ0n) is 21.5. The first-order chi connectivity index (χ1) is 17.6. The lowest BCUT2D eigenvalue weighted by Crippen LogP contribution is -2.42. The van der Waals surface area contributed by atoms with Crippen molar-refractivity contribution in [2.24, 2.45) is 11.8 Å². The summed E-state index contributed by atoms with van der Waals surface area (Å²) < 4.78 is 34.7. The number of amides is 1. The van der Waals surface area contributed by atoms with E-state index in [-0.39, 0.29) is 17.3 Å². The van der Waals surface area contributed by atoms with Crippen molar-refractivity contribution in [2.75, 3.05) is 18.0 Å². The van der Waals surface area contributed by atoms with Crippen molar-refractivity contribution in [3.8, 4) is 0 Å². The van der Waals surface area contributed by atoms with Crippen molar-refractivity contribution in [2.45, 2.75) is 45.6 Å². The van der Waals surface area contributed by atoms with Crippen molar-refractivity contribution in [1.82, 2.24) is 9.29 Å². The zero-order chi connectivity index (χ0) is 26.3. The molecule has 7 nitrogen and oxygen atoms in total. The monoisotopic (exact) mass is 537 g/mol. The van der Waals surface area contributed by atoms with Gasteiger partial charge in [-0.1, -0.05) is 25.2 Å². The quantitative estimate of drug-likeness (QED) is 0.300. The fraction of sp³-hybridized carbons (Fsp3) is 0.357. The predicted molar refractivity (Wildman–Crippen MR) is 146 cm³/mol. The lowest BCUT2D eigenvalue weighted by atomic mass is 9.94. The number of aromatic nitrogens is 1. The highest BCUT2D eigenvalue weighted by atomic mass is 32.2. The third kappa shape index (κ3) is 5.21. The molecule has 1 fully saturated rings. The summed E-state index contributed by atoms with van der Waals surface area (Å²) in [4.78, 5) is 20.3. The van der Waals surface area contributed by atoms with Crippen LogP contribution in [0.4, 0.5) is 5.13 Å². The highest BCUT2D eigenvalue weighted by Gasteiger charge is 2.32. The van der Waals surface area contributed by atoms with Gasteiger partial charge in [0, 0.05) is 18.7 Å². The first-order valence-electron chi connectivity index (χ1n) is 12.4. The molecule has 194 valence electrons. The normalized spacial score (nSPS) is 18.8. The minimum atomic E-state index is -3.63. The molecule has 1 aliphatic rings. The van der Waals surface area contributed by atoms with Crippen LogP contribution < -0.4 is 4.90 Å². The van der Waals surface area contributed by atoms with E-state index in [9.17, 15) is 13.2 Å². The molecule has 1 saturated heterocycles. The van der Waals surface area contributed by atoms with Crippen LogP contribution >= 0.6 is 11.3 Å². The number of benzene rings is 2. The van der Waals surface area contributed by atoms with Gasteiger partial charge in [-0.25, -0.2) is 13.4 Å². The summed E-state index contributed by atoms with van der Waals surface area (Å²) in [5.41, 5.74) is 3.53. The highest BCUT2D eigenvalue weighted by Crippen LogP contribution is 2.33. The maximum Gasteiger partial charge on any atom is 0.260 e. The van der Waals surface area contributed by atoms with Crippen LogP contribution in [0.15, 0.2) is 64.1 Å². The summed E-state index contributed by atoms with van der Waals surface area (Å²) in [6, 6.07) is 13.9. The van der Waals surface area contributed by atoms with E-state index < -0.39 is 10.0 Å². The molecule has 0 N–H and O–H groups in total. The van der Waals surface area contributed by atoms with Crippen LogP contribution in [-0.4, -0.2) is 36.7 Å². The average Bonchev–Trinajstić information content (AvgIpc) is 3.51. The fourth-order valence-electron chi connectivity index (χ4n) is 4.94. The average molecular weight is 538 g/mol. The molecule has 2 aromatic heterocycles. The number of furan rings is 1. The number of fused-ring (bicyclic) bond motifs is 1. The van der Waals surface area contributed by atoms with E-state index in [4.69, 9.17) is 9.40 Å². The maximum absolute atomic E-state index is 13.7. The van der Waals surface area contributed by atoms with E-state index in [0.29, 0.717) is 41.4 Å². The summed E-state index contributed by atoms with van der Waals surface area (Å²) in [5.74, 6) is 0.993. The first-order valence-corrected chi connectivity index (χ1v) is 14.7. The molecule has 0 saturated carbocycles. The predicted octanol–water partition coefficient (Wildman–Crippen LogP) is 6.02. The molecular formula is C28H31N3O4S2. The Balaban J connectivity index is 1.45. The second-order valence-electron chi connectivity index (χ2n) is 10.2. The van der Waals surface area contributed by atoms with Gasteiger partial charge in [0.25, 0.3) is 5.91 Å². The Kier molecular flexibility index (Phi) is 6.95. The Morgan fingerprint density at radius 1 is 1.08 bits per heavy atom. The molecule has 37 heavy (non-hydrogen) atoms. The minimum Gasteiger partial charge on any atom is -0.467 e. The Bertz CT molecular complexity index is 1480. The van der Waals surface area contributed by atoms with Gasteiger partial charge in [0.2, 0.25) is 10.0 Å². The number of carbonyl (C=O) groups is 1. The Hall–Kier alpha value is -3.01. The molecule has 2 unspecified atom stereocenters. The van der Waals surface area contributed by atoms with E-state index in [1.54, 1.807) is 33.7 Å². The molecule has 1 aliphatic heterocycles. The second-order valence-corrected chi connectivity index (χ2v) is 13.1. The van der Waals surface area contributed by atoms with Crippen molar-refractivity contribution in [3.05, 3.63) is 77.2 Å². The molecule has 0 aliphatic carbocycles. The highest BCUT2D eigenvalue weighted by molar-refractivity contribution is 7.89. The molecule has 2 aromatic carbocycles. The zero-order valence-corrected chi connectivity index (χ0v) is 23.1. The molecule has 4 aromatic rings. The number of hydrogen-bond acceptors (Lipinski definition) is 6. The molecule has 0 radical (unpaired) electrons. The van der Waals surface area contributed by atoms with Crippen LogP contribution in [0, 0.1) is 25.7 Å². The Labute approximate surface area is 221 Å². The summed E-state index contributed by atoms with van der Waals surface area (Å²) in [6.45, 7) is 9.51. The van der Waals surface area contributed by atoms with Crippen LogP contribution in [0.2, 0.25) is 0 Å². The number of carbonyl (C=O) groups excluding carboxylic acids is 1. The number of piperidine rings is 1. The number of nitrogens with zero attached hydrogens (tertiary/aromatic N) is 3. The van der Waals surface area contributed by atoms with Crippen LogP contribution in [0.1, 0.15) is 47.5 Å². The second kappa shape index (κ2) is 10.0. The van der Waals surface area contributed by atoms with E-state index in [1.165, 1.54) is 29.0 Å². The van der Waals surface area contributed by atoms with Gasteiger partial charge in [-0.3, -0.25) is 9.69 Å². The SMILES string of the molecule is Cc1cc2nc(N(Cc3ccco3)C(=O)c3ccc(S(=O)(=O)N4CC(C)CC(C)C4)cc3)sc2cc1C. The van der Waals surface area contributed by atoms with Crippen LogP contribution in [0.25, 0.3) is 10.2 Å². The molecule has 5 rings (SSSR count). The summed E-state index contributed by atoms with van der Waals surface area (Å²) in [6.07, 6.45) is 2.60. The minimum absolute atomic E-state index is 0.203. The van der Waals surface area contributed by atoms with Gasteiger partial charge in [-0.2, -0.15) is 4.31 Å². The number of rotatable bonds is 6. The number of sulfonamides is 1. The third-order valence-corrected chi connectivity index (χ3v) is 9.82. The van der Waals surface area contributed by atoms with Gasteiger partial charge < -0.3 is 4.42 Å². The third-order valence-electron chi connectivity index (χ3n) is 6.94. The topological polar surface area (TPSA) is 83.7 Å². The van der Waals surface area contributed by atoms with Gasteiger partial charge in [0.1, 0.15) is 5.76 Å². The first kappa shape index (κ1) is 25.6. The number of hydrogen-bond donors (Lipinski definition) is 0. The fourth-order valence-corrected chi connectivity index (χ4v) is 7.67. The molecule has 2 atom stereocenters. The van der Waals surface area contributed by atoms with E-state index >= 15 is 0 Å². The van der Waals surface area contributed by atoms with E-state index in [0.717, 1.165) is 22.2 Å². The Morgan fingerprint density at radius 3 is 2.41 bits per heavy atom. The number of anilines is 1. The summed E-state index contributed by atoms with van der Waals surface area (Å²) >= 11 is 1.45. The maximum atomic E-state index is 13.7. The van der Waals surface area contributed by atoms with E-state index in [2.05, 4.69) is 26.8 Å². The molecule has 9 heteroatoms. The van der Waals surface area contributed by atoms with Gasteiger partial charge in [0.15, 0.2) is 5.13 Å². The van der Waals surface area contributed by atoms with Crippen LogP contribution in [0.3, 0.4) is 0 Å². The standard InChI is InChI=1S/C28H31N3O4S2/c1-18-12-19(2)16-30(15-18)37(33,34)24-9-7-22(8-10-24)27(32)31(17-23-6-5-11-35-23)28-29-25-13-20(3)21(4)14-26(25)36-28/h5-11,13-14,18-19H,12,15-17H2,1-4H3. The number of aryl methyl sites for hydroxylation is 2. The van der Waals surface area contributed by atoms with Crippen molar-refractivity contribution in [1.29, 1.82) is 0 Å². The van der Waals surface area contributed by atoms with Gasteiger partial charge >= 0.3 is 0 Å². The van der Waals surface area contributed by atoms with Crippen molar-refractivity contribution in [3.63, 3.8) is 0 Å². The van der Waals surface area contributed by atoms with Crippen molar-refractivity contribution >= 4 is 42.6 Å². The van der Waals surface area contributed by atoms with Gasteiger partial charge in [-0.15, -0.1) is 0 Å². The largest absolute Gasteiger partial charge is 0.467 e. The summed E-state index contributed by atoms with van der Waals surface area (Å²) in [5, 5.41) is 0.564. The van der Waals surface area contributed by atoms with Gasteiger partial charge in [0.05, 0.1) is 27.9 Å². The molecule has 0 bridgehead atoms. The van der Waals surface area contributed by atoms with Gasteiger partial charge in [-0.05, 0) is 91.8 Å². The Morgan fingerprint density at radius 2 is 1.76 bits per heavy atom.